The lowest BCUT2D eigenvalue weighted by atomic mass is 9.96. The van der Waals surface area contributed by atoms with Crippen LogP contribution in [0.5, 0.6) is 0 Å². The number of aliphatic hydroxyl groups excluding tert-OH is 2. The van der Waals surface area contributed by atoms with E-state index in [4.69, 9.17) is 22.3 Å². The number of aliphatic imine (C=N–C) groups is 1. The number of hydrogen-bond acceptors (Lipinski definition) is 15. The molecule has 8 amide bonds. The molecule has 0 aliphatic carbocycles. The molecule has 0 saturated heterocycles. The molecule has 1 rings (SSSR count). The number of nitrogens with one attached hydrogen (secondary N) is 9. The van der Waals surface area contributed by atoms with Gasteiger partial charge in [-0.3, -0.25) is 48.1 Å². The maximum absolute atomic E-state index is 13.6. The highest BCUT2D eigenvalue weighted by Crippen LogP contribution is 2.11. The summed E-state index contributed by atoms with van der Waals surface area (Å²) in [7, 11) is 0. The van der Waals surface area contributed by atoms with Gasteiger partial charge in [0.1, 0.15) is 36.3 Å². The number of carbonyl (C=O) groups is 10. The number of aliphatic hydroxyl groups is 2. The number of aromatic amines is 1. The summed E-state index contributed by atoms with van der Waals surface area (Å²) in [6, 6.07) is -9.38. The van der Waals surface area contributed by atoms with Gasteiger partial charge in [0, 0.05) is 24.9 Å². The van der Waals surface area contributed by atoms with Crippen molar-refractivity contribution in [2.45, 2.75) is 95.2 Å². The molecule has 63 heavy (non-hydrogen) atoms. The molecule has 0 unspecified atom stereocenters. The second-order valence-corrected chi connectivity index (χ2v) is 14.1. The highest BCUT2D eigenvalue weighted by molar-refractivity contribution is 5.98. The van der Waals surface area contributed by atoms with Gasteiger partial charge < -0.3 is 85.1 Å². The minimum absolute atomic E-state index is 0.0755. The van der Waals surface area contributed by atoms with E-state index in [2.05, 4.69) is 57.5 Å². The molecule has 19 N–H and O–H groups in total. The van der Waals surface area contributed by atoms with Crippen LogP contribution in [0.15, 0.2) is 17.5 Å². The monoisotopic (exact) mass is 898 g/mol. The van der Waals surface area contributed by atoms with E-state index in [0.29, 0.717) is 12.1 Å². The van der Waals surface area contributed by atoms with Gasteiger partial charge in [-0.05, 0) is 25.7 Å². The molecule has 0 aliphatic rings. The molecule has 1 heterocycles. The number of carboxylic acid groups (broad SMARTS) is 2. The summed E-state index contributed by atoms with van der Waals surface area (Å²) in [5.41, 5.74) is 16.2. The average Bonchev–Trinajstić information content (AvgIpc) is 3.74. The van der Waals surface area contributed by atoms with Crippen molar-refractivity contribution in [2.75, 3.05) is 32.8 Å². The Morgan fingerprint density at radius 2 is 1.30 bits per heavy atom. The number of aromatic nitrogens is 2. The van der Waals surface area contributed by atoms with Gasteiger partial charge in [0.05, 0.1) is 45.1 Å². The topological polar surface area (TPSA) is 467 Å². The van der Waals surface area contributed by atoms with E-state index < -0.39 is 140 Å². The summed E-state index contributed by atoms with van der Waals surface area (Å²) in [6.07, 6.45) is -0.0942. The van der Waals surface area contributed by atoms with Crippen molar-refractivity contribution < 1.29 is 68.4 Å². The number of rotatable bonds is 29. The Morgan fingerprint density at radius 3 is 1.83 bits per heavy atom. The van der Waals surface area contributed by atoms with E-state index >= 15 is 0 Å². The SMILES string of the molecule is CC[C@H](C)[C@H](NC(=O)[C@@H](NC(=O)[C@H](CC(=O)O)NC(=O)[C@H](Cc1cnc[nH]1)NC(=O)CNC(=O)CNC(=O)CNC(=O)[C@@H](N)CO)[C@@H](C)O)C(=O)N[C@@H](CCCN=C(N)N)C(=O)O. The van der Waals surface area contributed by atoms with Crippen LogP contribution < -0.4 is 59.7 Å². The summed E-state index contributed by atoms with van der Waals surface area (Å²) in [4.78, 5) is 137. The third-order valence-corrected chi connectivity index (χ3v) is 8.91. The maximum atomic E-state index is 13.6. The smallest absolute Gasteiger partial charge is 0.326 e. The Morgan fingerprint density at radius 1 is 0.746 bits per heavy atom. The third kappa shape index (κ3) is 20.9. The molecule has 0 fully saturated rings. The minimum Gasteiger partial charge on any atom is -0.481 e. The fraction of sp³-hybridized carbons (Fsp3) is 0.600. The number of carboxylic acids is 2. The first-order chi connectivity index (χ1) is 29.6. The molecule has 352 valence electrons. The van der Waals surface area contributed by atoms with E-state index in [0.717, 1.165) is 6.92 Å². The fourth-order valence-corrected chi connectivity index (χ4v) is 5.22. The molecule has 1 aromatic rings. The molecule has 28 nitrogen and oxygen atoms in total. The van der Waals surface area contributed by atoms with Crippen molar-refractivity contribution in [3.8, 4) is 0 Å². The lowest BCUT2D eigenvalue weighted by Gasteiger charge is -2.29. The Bertz CT molecular complexity index is 1770. The van der Waals surface area contributed by atoms with Crippen LogP contribution >= 0.6 is 0 Å². The number of hydrogen-bond donors (Lipinski definition) is 16. The second kappa shape index (κ2) is 27.8. The van der Waals surface area contributed by atoms with Crippen LogP contribution in [0.3, 0.4) is 0 Å². The molecule has 28 heteroatoms. The van der Waals surface area contributed by atoms with Crippen LogP contribution in [-0.2, 0) is 54.4 Å². The molecule has 0 aliphatic heterocycles. The van der Waals surface area contributed by atoms with Crippen molar-refractivity contribution >= 4 is 65.2 Å². The summed E-state index contributed by atoms with van der Waals surface area (Å²) in [6.45, 7) is 1.82. The Balaban J connectivity index is 3.10. The first-order valence-electron chi connectivity index (χ1n) is 19.4. The highest BCUT2D eigenvalue weighted by Gasteiger charge is 2.36. The van der Waals surface area contributed by atoms with E-state index in [1.807, 2.05) is 0 Å². The lowest BCUT2D eigenvalue weighted by Crippen LogP contribution is -2.62. The maximum Gasteiger partial charge on any atom is 0.326 e. The van der Waals surface area contributed by atoms with Crippen molar-refractivity contribution in [2.24, 2.45) is 28.1 Å². The number of amides is 8. The predicted octanol–water partition coefficient (Wildman–Crippen LogP) is -7.92. The van der Waals surface area contributed by atoms with E-state index in [1.165, 1.54) is 12.5 Å². The van der Waals surface area contributed by atoms with E-state index in [-0.39, 0.29) is 31.8 Å². The Kier molecular flexibility index (Phi) is 23.9. The predicted molar refractivity (Wildman–Crippen MR) is 217 cm³/mol. The van der Waals surface area contributed by atoms with Crippen LogP contribution in [0.4, 0.5) is 0 Å². The van der Waals surface area contributed by atoms with Gasteiger partial charge in [0.2, 0.25) is 47.3 Å². The Labute approximate surface area is 360 Å². The summed E-state index contributed by atoms with van der Waals surface area (Å²) >= 11 is 0. The third-order valence-electron chi connectivity index (χ3n) is 8.91. The molecule has 0 bridgehead atoms. The Hall–Kier alpha value is -6.94. The molecule has 0 aromatic carbocycles. The molecule has 8 atom stereocenters. The van der Waals surface area contributed by atoms with Crippen LogP contribution in [0.25, 0.3) is 0 Å². The van der Waals surface area contributed by atoms with Gasteiger partial charge in [-0.25, -0.2) is 9.78 Å². The van der Waals surface area contributed by atoms with E-state index in [1.54, 1.807) is 13.8 Å². The molecule has 0 radical (unpaired) electrons. The average molecular weight is 899 g/mol. The highest BCUT2D eigenvalue weighted by atomic mass is 16.4. The molecule has 1 aromatic heterocycles. The largest absolute Gasteiger partial charge is 0.481 e. The number of H-pyrrole nitrogens is 1. The first-order valence-corrected chi connectivity index (χ1v) is 19.4. The zero-order valence-electron chi connectivity index (χ0n) is 34.8. The number of aliphatic carboxylic acids is 2. The zero-order chi connectivity index (χ0) is 47.8. The van der Waals surface area contributed by atoms with Crippen LogP contribution in [0.2, 0.25) is 0 Å². The van der Waals surface area contributed by atoms with Crippen molar-refractivity contribution in [1.82, 2.24) is 52.5 Å². The molecule has 0 spiro atoms. The van der Waals surface area contributed by atoms with Gasteiger partial charge in [0.15, 0.2) is 5.96 Å². The van der Waals surface area contributed by atoms with E-state index in [9.17, 15) is 63.3 Å². The number of nitrogens with two attached hydrogens (primary N) is 3. The number of carbonyl (C=O) groups excluding carboxylic acids is 8. The van der Waals surface area contributed by atoms with Crippen LogP contribution in [0.1, 0.15) is 52.1 Å². The molecular formula is C35H58N14O14. The van der Waals surface area contributed by atoms with Gasteiger partial charge in [0.25, 0.3) is 0 Å². The number of nitrogens with zero attached hydrogens (tertiary/aromatic N) is 2. The number of guanidine groups is 1. The summed E-state index contributed by atoms with van der Waals surface area (Å²) in [5.74, 6) is -11.7. The second-order valence-electron chi connectivity index (χ2n) is 14.1. The quantitative estimate of drug-likeness (QED) is 0.0202. The van der Waals surface area contributed by atoms with Crippen molar-refractivity contribution in [3.05, 3.63) is 18.2 Å². The lowest BCUT2D eigenvalue weighted by molar-refractivity contribution is -0.143. The standard InChI is InChI=1S/C35H58N14O14/c1-4-16(2)27(32(60)46-20(34(62)63)6-5-7-40-35(37)38)48-33(61)28(17(3)51)49-31(59)22(9-26(55)56)47-30(58)21(8-18-10-39-15-44-18)45-25(54)13-42-23(52)11-41-24(53)12-43-29(57)19(36)14-50/h10,15-17,19-22,27-28,50-51H,4-9,11-14,36H2,1-3H3,(H,39,44)(H,41,53)(H,42,52)(H,43,57)(H,45,54)(H,46,60)(H,47,58)(H,48,61)(H,49,59)(H,55,56)(H,62,63)(H4,37,38,40)/t16-,17+,19-,20-,21-,22-,27-,28-/m0/s1. The fourth-order valence-electron chi connectivity index (χ4n) is 5.22. The van der Waals surface area contributed by atoms with Gasteiger partial charge in [-0.2, -0.15) is 0 Å². The van der Waals surface area contributed by atoms with Gasteiger partial charge >= 0.3 is 11.9 Å². The first kappa shape index (κ1) is 54.1. The van der Waals surface area contributed by atoms with Gasteiger partial charge in [-0.15, -0.1) is 0 Å². The minimum atomic E-state index is -1.93. The molecule has 0 saturated carbocycles. The molecular weight excluding hydrogens is 840 g/mol. The number of imidazole rings is 1. The summed E-state index contributed by atoms with van der Waals surface area (Å²) in [5, 5.41) is 56.7. The zero-order valence-corrected chi connectivity index (χ0v) is 34.8. The van der Waals surface area contributed by atoms with Crippen LogP contribution in [0, 0.1) is 5.92 Å². The van der Waals surface area contributed by atoms with Crippen LogP contribution in [-0.4, -0.2) is 171 Å². The van der Waals surface area contributed by atoms with Gasteiger partial charge in [-0.1, -0.05) is 20.3 Å². The normalized spacial score (nSPS) is 14.6. The van der Waals surface area contributed by atoms with Crippen molar-refractivity contribution in [3.63, 3.8) is 0 Å². The van der Waals surface area contributed by atoms with Crippen molar-refractivity contribution in [1.29, 1.82) is 0 Å². The summed E-state index contributed by atoms with van der Waals surface area (Å²) < 4.78 is 0.